The van der Waals surface area contributed by atoms with Gasteiger partial charge < -0.3 is 21.1 Å². The fourth-order valence-corrected chi connectivity index (χ4v) is 2.78. The van der Waals surface area contributed by atoms with Gasteiger partial charge in [-0.3, -0.25) is 10.2 Å². The van der Waals surface area contributed by atoms with Crippen molar-refractivity contribution in [2.24, 2.45) is 11.7 Å². The minimum atomic E-state index is -0.924. The maximum absolute atomic E-state index is 14.0. The minimum absolute atomic E-state index is 0.00608. The molecule has 1 saturated carbocycles. The van der Waals surface area contributed by atoms with Crippen LogP contribution in [0, 0.1) is 11.3 Å². The Kier molecular flexibility index (Phi) is 5.15. The molecule has 1 amide bonds. The van der Waals surface area contributed by atoms with Crippen molar-refractivity contribution in [3.63, 3.8) is 0 Å². The number of benzene rings is 1. The zero-order valence-electron chi connectivity index (χ0n) is 14.1. The second kappa shape index (κ2) is 7.33. The van der Waals surface area contributed by atoms with E-state index in [4.69, 9.17) is 15.9 Å². The number of carbonyl (C=O) groups excluding carboxylic acids is 1. The van der Waals surface area contributed by atoms with Crippen LogP contribution >= 0.6 is 0 Å². The predicted octanol–water partition coefficient (Wildman–Crippen LogP) is 2.24. The van der Waals surface area contributed by atoms with Crippen LogP contribution in [0.2, 0.25) is 0 Å². The Hall–Kier alpha value is -2.25. The molecule has 2 atom stereocenters. The lowest BCUT2D eigenvalue weighted by molar-refractivity contribution is -0.110. The molecule has 0 unspecified atom stereocenters. The number of amides is 1. The van der Waals surface area contributed by atoms with E-state index in [1.54, 1.807) is 12.1 Å². The summed E-state index contributed by atoms with van der Waals surface area (Å²) in [6.07, 6.45) is 1.73. The Balaban J connectivity index is 1.62. The molecule has 1 aliphatic carbocycles. The number of hydrogen-bond donors (Lipinski definition) is 4. The van der Waals surface area contributed by atoms with Crippen molar-refractivity contribution >= 4 is 17.3 Å². The second-order valence-corrected chi connectivity index (χ2v) is 6.59. The normalized spacial score (nSPS) is 24.4. The van der Waals surface area contributed by atoms with E-state index in [1.165, 1.54) is 0 Å². The summed E-state index contributed by atoms with van der Waals surface area (Å²) in [5, 5.41) is 13.5. The zero-order valence-corrected chi connectivity index (χ0v) is 14.1. The number of nitrogens with two attached hydrogens (primary N) is 1. The first-order chi connectivity index (χ1) is 12.0. The number of anilines is 1. The lowest BCUT2D eigenvalue weighted by Crippen LogP contribution is -2.38. The van der Waals surface area contributed by atoms with Gasteiger partial charge in [0.05, 0.1) is 12.2 Å². The van der Waals surface area contributed by atoms with Crippen LogP contribution in [-0.4, -0.2) is 30.8 Å². The van der Waals surface area contributed by atoms with Gasteiger partial charge in [-0.05, 0) is 37.5 Å². The van der Waals surface area contributed by atoms with Crippen LogP contribution in [0.3, 0.4) is 0 Å². The Morgan fingerprint density at radius 2 is 2.00 bits per heavy atom. The monoisotopic (exact) mass is 346 g/mol. The third-order valence-electron chi connectivity index (χ3n) is 4.42. The number of nitrogens with one attached hydrogen (secondary N) is 3. The van der Waals surface area contributed by atoms with Gasteiger partial charge in [0.15, 0.2) is 11.5 Å². The molecule has 1 saturated heterocycles. The quantitative estimate of drug-likeness (QED) is 0.614. The molecular formula is C18H23FN4O2. The summed E-state index contributed by atoms with van der Waals surface area (Å²) in [7, 11) is 0. The van der Waals surface area contributed by atoms with Crippen LogP contribution in [0.5, 0.6) is 0 Å². The van der Waals surface area contributed by atoms with E-state index in [0.717, 1.165) is 31.5 Å². The molecular weight excluding hydrogens is 323 g/mol. The number of halogens is 1. The van der Waals surface area contributed by atoms with Crippen molar-refractivity contribution in [3.05, 3.63) is 41.4 Å². The summed E-state index contributed by atoms with van der Waals surface area (Å²) in [5.41, 5.74) is 6.39. The SMILES string of the molecule is C[C@@H]1CNC[C@H](c2ccc(NC(=O)C(=N)C(F)=C(N)C3CC3)cc2)O1. The zero-order chi connectivity index (χ0) is 18.0. The third kappa shape index (κ3) is 4.24. The Bertz CT molecular complexity index is 698. The molecule has 2 aliphatic rings. The molecule has 7 heteroatoms. The molecule has 6 nitrogen and oxygen atoms in total. The van der Waals surface area contributed by atoms with Crippen molar-refractivity contribution in [1.29, 1.82) is 5.41 Å². The number of morpholine rings is 1. The molecule has 0 aromatic heterocycles. The number of rotatable bonds is 5. The molecule has 1 aromatic rings. The van der Waals surface area contributed by atoms with Crippen LogP contribution in [0.4, 0.5) is 10.1 Å². The Morgan fingerprint density at radius 1 is 1.32 bits per heavy atom. The summed E-state index contributed by atoms with van der Waals surface area (Å²) in [6, 6.07) is 7.15. The second-order valence-electron chi connectivity index (χ2n) is 6.59. The average Bonchev–Trinajstić information content (AvgIpc) is 3.45. The summed E-state index contributed by atoms with van der Waals surface area (Å²) in [4.78, 5) is 12.0. The highest BCUT2D eigenvalue weighted by molar-refractivity contribution is 6.47. The van der Waals surface area contributed by atoms with E-state index in [9.17, 15) is 9.18 Å². The molecule has 2 fully saturated rings. The van der Waals surface area contributed by atoms with E-state index in [1.807, 2.05) is 19.1 Å². The number of allylic oxidation sites excluding steroid dienone is 1. The van der Waals surface area contributed by atoms with Crippen molar-refractivity contribution in [2.45, 2.75) is 32.0 Å². The lowest BCUT2D eigenvalue weighted by atomic mass is 10.1. The highest BCUT2D eigenvalue weighted by Gasteiger charge is 2.30. The van der Waals surface area contributed by atoms with Gasteiger partial charge in [0.2, 0.25) is 0 Å². The van der Waals surface area contributed by atoms with E-state index in [2.05, 4.69) is 10.6 Å². The predicted molar refractivity (Wildman–Crippen MR) is 94.0 cm³/mol. The van der Waals surface area contributed by atoms with Gasteiger partial charge in [-0.25, -0.2) is 4.39 Å². The summed E-state index contributed by atoms with van der Waals surface area (Å²) in [6.45, 7) is 3.57. The maximum atomic E-state index is 14.0. The topological polar surface area (TPSA) is 100 Å². The summed E-state index contributed by atoms with van der Waals surface area (Å²) >= 11 is 0. The molecule has 3 rings (SSSR count). The van der Waals surface area contributed by atoms with E-state index < -0.39 is 17.4 Å². The van der Waals surface area contributed by atoms with Crippen LogP contribution in [0.15, 0.2) is 35.8 Å². The van der Waals surface area contributed by atoms with Crippen LogP contribution in [0.1, 0.15) is 31.4 Å². The van der Waals surface area contributed by atoms with Gasteiger partial charge in [0.25, 0.3) is 5.91 Å². The van der Waals surface area contributed by atoms with Crippen LogP contribution < -0.4 is 16.4 Å². The standard InChI is InChI=1S/C18H23FN4O2/c1-10-8-22-9-14(25-10)11-4-6-13(7-5-11)23-18(24)17(21)15(19)16(20)12-2-3-12/h4-7,10,12,14,21-22H,2-3,8-9,20H2,1H3,(H,23,24)/t10-,14-/m1/s1. The highest BCUT2D eigenvalue weighted by Crippen LogP contribution is 2.35. The fourth-order valence-electron chi connectivity index (χ4n) is 2.78. The molecule has 134 valence electrons. The first-order valence-corrected chi connectivity index (χ1v) is 8.47. The van der Waals surface area contributed by atoms with Gasteiger partial charge in [-0.15, -0.1) is 0 Å². The first kappa shape index (κ1) is 17.6. The van der Waals surface area contributed by atoms with Crippen LogP contribution in [0.25, 0.3) is 0 Å². The number of carbonyl (C=O) groups is 1. The maximum Gasteiger partial charge on any atom is 0.276 e. The summed E-state index contributed by atoms with van der Waals surface area (Å²) < 4.78 is 19.9. The van der Waals surface area contributed by atoms with Gasteiger partial charge >= 0.3 is 0 Å². The van der Waals surface area contributed by atoms with Gasteiger partial charge in [-0.2, -0.15) is 0 Å². The average molecular weight is 346 g/mol. The van der Waals surface area contributed by atoms with Crippen molar-refractivity contribution in [2.75, 3.05) is 18.4 Å². The lowest BCUT2D eigenvalue weighted by Gasteiger charge is -2.29. The highest BCUT2D eigenvalue weighted by atomic mass is 19.1. The molecule has 0 radical (unpaired) electrons. The smallest absolute Gasteiger partial charge is 0.276 e. The third-order valence-corrected chi connectivity index (χ3v) is 4.42. The summed E-state index contributed by atoms with van der Waals surface area (Å²) in [5.74, 6) is -1.76. The van der Waals surface area contributed by atoms with Gasteiger partial charge in [0, 0.05) is 30.4 Å². The molecule has 1 aliphatic heterocycles. The minimum Gasteiger partial charge on any atom is -0.399 e. The molecule has 1 heterocycles. The van der Waals surface area contributed by atoms with Gasteiger partial charge in [-0.1, -0.05) is 12.1 Å². The van der Waals surface area contributed by atoms with E-state index >= 15 is 0 Å². The largest absolute Gasteiger partial charge is 0.399 e. The molecule has 5 N–H and O–H groups in total. The van der Waals surface area contributed by atoms with E-state index in [0.29, 0.717) is 5.69 Å². The van der Waals surface area contributed by atoms with Gasteiger partial charge in [0.1, 0.15) is 0 Å². The van der Waals surface area contributed by atoms with Crippen LogP contribution in [-0.2, 0) is 9.53 Å². The van der Waals surface area contributed by atoms with Crippen molar-refractivity contribution in [1.82, 2.24) is 5.32 Å². The number of hydrogen-bond acceptors (Lipinski definition) is 5. The molecule has 25 heavy (non-hydrogen) atoms. The van der Waals surface area contributed by atoms with Crippen molar-refractivity contribution < 1.29 is 13.9 Å². The fraction of sp³-hybridized carbons (Fsp3) is 0.444. The molecule has 1 aromatic carbocycles. The number of ether oxygens (including phenoxy) is 1. The van der Waals surface area contributed by atoms with Crippen molar-refractivity contribution in [3.8, 4) is 0 Å². The Morgan fingerprint density at radius 3 is 2.60 bits per heavy atom. The molecule has 0 bridgehead atoms. The Labute approximate surface area is 146 Å². The molecule has 0 spiro atoms. The first-order valence-electron chi connectivity index (χ1n) is 8.47. The van der Waals surface area contributed by atoms with E-state index in [-0.39, 0.29) is 23.8 Å².